The second-order valence-corrected chi connectivity index (χ2v) is 2.32. The zero-order valence-corrected chi connectivity index (χ0v) is 6.43. The van der Waals surface area contributed by atoms with Crippen molar-refractivity contribution >= 4 is 19.9 Å². The molecule has 0 aromatic rings. The third kappa shape index (κ3) is 8.40. The molecule has 0 heterocycles. The minimum absolute atomic E-state index is 0.166. The van der Waals surface area contributed by atoms with Crippen LogP contribution in [0.1, 0.15) is 0 Å². The van der Waals surface area contributed by atoms with Gasteiger partial charge in [-0.3, -0.25) is 9.09 Å². The minimum atomic E-state index is -2.83. The first kappa shape index (κ1) is 9.40. The van der Waals surface area contributed by atoms with Crippen LogP contribution in [0, 0.1) is 0 Å². The summed E-state index contributed by atoms with van der Waals surface area (Å²) < 4.78 is 18.6. The van der Waals surface area contributed by atoms with E-state index in [-0.39, 0.29) is 6.79 Å². The van der Waals surface area contributed by atoms with E-state index in [1.807, 2.05) is 0 Å². The molecule has 0 aromatic carbocycles. The highest BCUT2D eigenvalue weighted by Gasteiger charge is 1.89. The van der Waals surface area contributed by atoms with E-state index in [1.54, 1.807) is 0 Å². The molecule has 56 valence electrons. The molecule has 1 N–H and O–H groups in total. The number of ether oxygens (including phenoxy) is 1. The van der Waals surface area contributed by atoms with Crippen molar-refractivity contribution in [2.45, 2.75) is 0 Å². The van der Waals surface area contributed by atoms with Crippen LogP contribution in [-0.4, -0.2) is 24.2 Å². The van der Waals surface area contributed by atoms with Crippen LogP contribution in [-0.2, 0) is 13.8 Å². The first-order valence-corrected chi connectivity index (χ1v) is 4.06. The van der Waals surface area contributed by atoms with Crippen molar-refractivity contribution in [1.82, 2.24) is 0 Å². The summed E-state index contributed by atoms with van der Waals surface area (Å²) in [6.07, 6.45) is 0. The van der Waals surface area contributed by atoms with Gasteiger partial charge in [0.15, 0.2) is 6.79 Å². The molecule has 0 spiro atoms. The SMILES string of the molecule is O=[PH](O)OCOCCCl. The van der Waals surface area contributed by atoms with Crippen LogP contribution in [0.15, 0.2) is 0 Å². The minimum Gasteiger partial charge on any atom is -0.354 e. The molecular weight excluding hydrogens is 166 g/mol. The fraction of sp³-hybridized carbons (Fsp3) is 1.00. The lowest BCUT2D eigenvalue weighted by Crippen LogP contribution is -1.97. The van der Waals surface area contributed by atoms with Crippen molar-refractivity contribution in [3.8, 4) is 0 Å². The maximum Gasteiger partial charge on any atom is 0.318 e. The smallest absolute Gasteiger partial charge is 0.318 e. The summed E-state index contributed by atoms with van der Waals surface area (Å²) in [6.45, 7) is 0.164. The third-order valence-corrected chi connectivity index (χ3v) is 1.01. The van der Waals surface area contributed by atoms with Crippen molar-refractivity contribution < 1.29 is 18.7 Å². The molecule has 1 atom stereocenters. The Morgan fingerprint density at radius 2 is 2.33 bits per heavy atom. The average Bonchev–Trinajstić information content (AvgIpc) is 1.80. The Balaban J connectivity index is 2.83. The lowest BCUT2D eigenvalue weighted by Gasteiger charge is -1.98. The van der Waals surface area contributed by atoms with E-state index in [2.05, 4.69) is 9.26 Å². The Bertz CT molecular complexity index is 87.9. The van der Waals surface area contributed by atoms with Crippen molar-refractivity contribution in [2.75, 3.05) is 19.3 Å². The van der Waals surface area contributed by atoms with Gasteiger partial charge in [-0.25, -0.2) is 0 Å². The highest BCUT2D eigenvalue weighted by atomic mass is 35.5. The zero-order chi connectivity index (χ0) is 7.11. The summed E-state index contributed by atoms with van der Waals surface area (Å²) in [4.78, 5) is 8.06. The molecule has 4 nitrogen and oxygen atoms in total. The molecule has 0 aromatic heterocycles. The molecule has 0 radical (unpaired) electrons. The van der Waals surface area contributed by atoms with Gasteiger partial charge in [-0.2, -0.15) is 0 Å². The van der Waals surface area contributed by atoms with Gasteiger partial charge in [0.2, 0.25) is 0 Å². The Kier molecular flexibility index (Phi) is 6.81. The fourth-order valence-electron chi connectivity index (χ4n) is 0.206. The Morgan fingerprint density at radius 3 is 2.78 bits per heavy atom. The molecule has 0 rings (SSSR count). The normalized spacial score (nSPS) is 13.6. The van der Waals surface area contributed by atoms with E-state index in [1.165, 1.54) is 0 Å². The number of hydrogen-bond donors (Lipinski definition) is 1. The van der Waals surface area contributed by atoms with Crippen molar-refractivity contribution in [3.05, 3.63) is 0 Å². The molecule has 1 unspecified atom stereocenters. The van der Waals surface area contributed by atoms with Gasteiger partial charge in [0.1, 0.15) is 0 Å². The number of alkyl halides is 1. The summed E-state index contributed by atoms with van der Waals surface area (Å²) in [6, 6.07) is 0. The summed E-state index contributed by atoms with van der Waals surface area (Å²) in [5.74, 6) is 0.357. The Morgan fingerprint density at radius 1 is 1.67 bits per heavy atom. The number of hydrogen-bond acceptors (Lipinski definition) is 3. The maximum absolute atomic E-state index is 9.81. The van der Waals surface area contributed by atoms with Crippen molar-refractivity contribution in [3.63, 3.8) is 0 Å². The van der Waals surface area contributed by atoms with Crippen LogP contribution < -0.4 is 0 Å². The van der Waals surface area contributed by atoms with Gasteiger partial charge >= 0.3 is 8.25 Å². The molecule has 0 aliphatic carbocycles. The number of rotatable bonds is 5. The van der Waals surface area contributed by atoms with E-state index in [0.717, 1.165) is 0 Å². The first-order chi connectivity index (χ1) is 4.27. The van der Waals surface area contributed by atoms with Crippen LogP contribution >= 0.6 is 19.9 Å². The monoisotopic (exact) mass is 174 g/mol. The Labute approximate surface area is 58.7 Å². The quantitative estimate of drug-likeness (QED) is 0.287. The fourth-order valence-corrected chi connectivity index (χ4v) is 0.499. The second-order valence-electron chi connectivity index (χ2n) is 1.13. The van der Waals surface area contributed by atoms with Crippen LogP contribution in [0.25, 0.3) is 0 Å². The molecule has 0 aliphatic heterocycles. The average molecular weight is 175 g/mol. The van der Waals surface area contributed by atoms with Gasteiger partial charge in [-0.1, -0.05) is 0 Å². The molecule has 0 saturated carbocycles. The van der Waals surface area contributed by atoms with Gasteiger partial charge in [-0.15, -0.1) is 11.6 Å². The van der Waals surface area contributed by atoms with E-state index in [4.69, 9.17) is 16.5 Å². The molecule has 0 fully saturated rings. The molecule has 0 aliphatic rings. The third-order valence-electron chi connectivity index (χ3n) is 0.487. The number of halogens is 1. The van der Waals surface area contributed by atoms with Crippen LogP contribution in [0.4, 0.5) is 0 Å². The van der Waals surface area contributed by atoms with Gasteiger partial charge in [0.25, 0.3) is 0 Å². The predicted molar refractivity (Wildman–Crippen MR) is 33.8 cm³/mol. The lowest BCUT2D eigenvalue weighted by atomic mass is 10.9. The van der Waals surface area contributed by atoms with Crippen LogP contribution in [0.5, 0.6) is 0 Å². The first-order valence-electron chi connectivity index (χ1n) is 2.27. The molecule has 0 bridgehead atoms. The largest absolute Gasteiger partial charge is 0.354 e. The molecular formula is C3H8ClO4P. The predicted octanol–water partition coefficient (Wildman–Crippen LogP) is 0.598. The van der Waals surface area contributed by atoms with Crippen LogP contribution in [0.2, 0.25) is 0 Å². The standard InChI is InChI=1S/C3H8ClO4P/c4-1-2-7-3-8-9(5)6/h9H,1-3H2,(H,5,6). The molecule has 9 heavy (non-hydrogen) atoms. The molecule has 0 saturated heterocycles. The van der Waals surface area contributed by atoms with Crippen molar-refractivity contribution in [2.24, 2.45) is 0 Å². The van der Waals surface area contributed by atoms with Gasteiger partial charge in [0.05, 0.1) is 6.61 Å². The molecule has 6 heteroatoms. The van der Waals surface area contributed by atoms with E-state index < -0.39 is 8.25 Å². The van der Waals surface area contributed by atoms with E-state index in [0.29, 0.717) is 12.5 Å². The highest BCUT2D eigenvalue weighted by molar-refractivity contribution is 7.32. The van der Waals surface area contributed by atoms with Gasteiger partial charge in [-0.05, 0) is 0 Å². The maximum atomic E-state index is 9.81. The lowest BCUT2D eigenvalue weighted by molar-refractivity contribution is 0.0219. The topological polar surface area (TPSA) is 55.8 Å². The van der Waals surface area contributed by atoms with E-state index >= 15 is 0 Å². The summed E-state index contributed by atoms with van der Waals surface area (Å²) in [5.41, 5.74) is 0. The van der Waals surface area contributed by atoms with Crippen LogP contribution in [0.3, 0.4) is 0 Å². The summed E-state index contributed by atoms with van der Waals surface area (Å²) in [5, 5.41) is 0. The van der Waals surface area contributed by atoms with E-state index in [9.17, 15) is 4.57 Å². The zero-order valence-electron chi connectivity index (χ0n) is 4.67. The van der Waals surface area contributed by atoms with Crippen molar-refractivity contribution in [1.29, 1.82) is 0 Å². The molecule has 0 amide bonds. The summed E-state index contributed by atoms with van der Waals surface area (Å²) in [7, 11) is -2.83. The van der Waals surface area contributed by atoms with Gasteiger partial charge in [0, 0.05) is 5.88 Å². The second kappa shape index (κ2) is 6.52. The highest BCUT2D eigenvalue weighted by Crippen LogP contribution is 2.13. The Hall–Kier alpha value is 0.400. The van der Waals surface area contributed by atoms with Gasteiger partial charge < -0.3 is 9.63 Å². The summed E-state index contributed by atoms with van der Waals surface area (Å²) >= 11 is 5.20.